The Morgan fingerprint density at radius 3 is 2.61 bits per heavy atom. The lowest BCUT2D eigenvalue weighted by atomic mass is 10.2. The first kappa shape index (κ1) is 19.7. The molecule has 8 heteroatoms. The molecule has 0 saturated carbocycles. The van der Waals surface area contributed by atoms with Crippen LogP contribution in [0.5, 0.6) is 5.75 Å². The third-order valence-electron chi connectivity index (χ3n) is 4.03. The fraction of sp³-hybridized carbons (Fsp3) is 0.150. The van der Waals surface area contributed by atoms with Gasteiger partial charge in [-0.3, -0.25) is 4.79 Å². The van der Waals surface area contributed by atoms with Gasteiger partial charge in [-0.1, -0.05) is 18.2 Å². The quantitative estimate of drug-likeness (QED) is 0.641. The maximum Gasteiger partial charge on any atom is 0.248 e. The number of hydrogen-bond donors (Lipinski definition) is 1. The molecule has 1 N–H and O–H groups in total. The van der Waals surface area contributed by atoms with Gasteiger partial charge >= 0.3 is 0 Å². The normalized spacial score (nSPS) is 12.0. The van der Waals surface area contributed by atoms with Crippen molar-refractivity contribution in [1.29, 1.82) is 0 Å². The number of sulfonamides is 1. The Labute approximate surface area is 163 Å². The minimum Gasteiger partial charge on any atom is -0.493 e. The van der Waals surface area contributed by atoms with E-state index in [1.54, 1.807) is 31.4 Å². The van der Waals surface area contributed by atoms with Gasteiger partial charge in [0.1, 0.15) is 5.76 Å². The zero-order valence-electron chi connectivity index (χ0n) is 15.7. The molecule has 1 aromatic heterocycles. The van der Waals surface area contributed by atoms with Crippen LogP contribution in [-0.2, 0) is 14.8 Å². The summed E-state index contributed by atoms with van der Waals surface area (Å²) in [7, 11) is 0.886. The van der Waals surface area contributed by atoms with Gasteiger partial charge in [-0.15, -0.1) is 0 Å². The van der Waals surface area contributed by atoms with Crippen molar-refractivity contribution in [3.63, 3.8) is 0 Å². The number of anilines is 1. The van der Waals surface area contributed by atoms with Gasteiger partial charge in [-0.05, 0) is 36.4 Å². The van der Waals surface area contributed by atoms with Crippen LogP contribution >= 0.6 is 0 Å². The van der Waals surface area contributed by atoms with E-state index in [-0.39, 0.29) is 4.90 Å². The molecule has 3 aromatic rings. The number of hydrogen-bond acceptors (Lipinski definition) is 5. The summed E-state index contributed by atoms with van der Waals surface area (Å²) in [6.45, 7) is 0. The van der Waals surface area contributed by atoms with Crippen LogP contribution in [-0.4, -0.2) is 39.8 Å². The minimum atomic E-state index is -3.57. The Balaban J connectivity index is 1.76. The van der Waals surface area contributed by atoms with Crippen molar-refractivity contribution in [1.82, 2.24) is 4.31 Å². The van der Waals surface area contributed by atoms with Crippen molar-refractivity contribution >= 4 is 38.7 Å². The van der Waals surface area contributed by atoms with Gasteiger partial charge in [0.25, 0.3) is 0 Å². The maximum absolute atomic E-state index is 12.2. The summed E-state index contributed by atoms with van der Waals surface area (Å²) in [4.78, 5) is 12.3. The van der Waals surface area contributed by atoms with Gasteiger partial charge in [0.05, 0.1) is 12.0 Å². The van der Waals surface area contributed by atoms with Crippen LogP contribution in [0, 0.1) is 0 Å². The largest absolute Gasteiger partial charge is 0.493 e. The summed E-state index contributed by atoms with van der Waals surface area (Å²) >= 11 is 0. The number of amides is 1. The molecule has 0 unspecified atom stereocenters. The number of para-hydroxylation sites is 1. The van der Waals surface area contributed by atoms with Crippen LogP contribution in [0.4, 0.5) is 5.69 Å². The molecule has 0 spiro atoms. The second-order valence-corrected chi connectivity index (χ2v) is 8.32. The summed E-state index contributed by atoms with van der Waals surface area (Å²) in [6, 6.07) is 13.4. The molecule has 3 rings (SSSR count). The third kappa shape index (κ3) is 4.08. The molecule has 2 aromatic carbocycles. The Hall–Kier alpha value is -3.10. The van der Waals surface area contributed by atoms with Crippen molar-refractivity contribution in [2.75, 3.05) is 26.5 Å². The van der Waals surface area contributed by atoms with E-state index in [4.69, 9.17) is 9.15 Å². The Morgan fingerprint density at radius 2 is 1.89 bits per heavy atom. The van der Waals surface area contributed by atoms with E-state index in [0.717, 1.165) is 9.69 Å². The Kier molecular flexibility index (Phi) is 5.53. The van der Waals surface area contributed by atoms with Gasteiger partial charge in [0.2, 0.25) is 15.9 Å². The highest BCUT2D eigenvalue weighted by molar-refractivity contribution is 7.89. The highest BCUT2D eigenvalue weighted by Crippen LogP contribution is 2.29. The summed E-state index contributed by atoms with van der Waals surface area (Å²) < 4.78 is 36.5. The lowest BCUT2D eigenvalue weighted by Crippen LogP contribution is -2.22. The van der Waals surface area contributed by atoms with Gasteiger partial charge < -0.3 is 14.5 Å². The number of methoxy groups -OCH3 is 1. The van der Waals surface area contributed by atoms with Crippen molar-refractivity contribution in [2.45, 2.75) is 4.90 Å². The number of nitrogens with zero attached hydrogens (tertiary/aromatic N) is 1. The predicted octanol–water partition coefficient (Wildman–Crippen LogP) is 3.34. The van der Waals surface area contributed by atoms with Gasteiger partial charge in [0.15, 0.2) is 11.3 Å². The Morgan fingerprint density at radius 1 is 1.14 bits per heavy atom. The third-order valence-corrected chi connectivity index (χ3v) is 5.84. The molecule has 0 saturated heterocycles. The number of fused-ring (bicyclic) bond motifs is 1. The fourth-order valence-corrected chi connectivity index (χ4v) is 3.53. The Bertz CT molecular complexity index is 1150. The first-order valence-corrected chi connectivity index (χ1v) is 9.83. The summed E-state index contributed by atoms with van der Waals surface area (Å²) in [6.07, 6.45) is 2.85. The molecular formula is C20H20N2O5S. The van der Waals surface area contributed by atoms with Crippen molar-refractivity contribution in [3.8, 4) is 5.75 Å². The highest BCUT2D eigenvalue weighted by Gasteiger charge is 2.17. The molecule has 0 bridgehead atoms. The molecular weight excluding hydrogens is 380 g/mol. The first-order valence-electron chi connectivity index (χ1n) is 8.39. The zero-order valence-corrected chi connectivity index (χ0v) is 16.5. The molecule has 7 nitrogen and oxygen atoms in total. The van der Waals surface area contributed by atoms with E-state index in [2.05, 4.69) is 5.32 Å². The lowest BCUT2D eigenvalue weighted by Gasteiger charge is -2.12. The molecule has 0 aliphatic rings. The number of furan rings is 1. The molecule has 0 fully saturated rings. The van der Waals surface area contributed by atoms with Crippen LogP contribution in [0.25, 0.3) is 17.0 Å². The smallest absolute Gasteiger partial charge is 0.248 e. The van der Waals surface area contributed by atoms with Crippen LogP contribution in [0.15, 0.2) is 63.9 Å². The summed E-state index contributed by atoms with van der Waals surface area (Å²) in [5.41, 5.74) is 0.982. The van der Waals surface area contributed by atoms with E-state index in [1.165, 1.54) is 38.4 Å². The molecule has 1 amide bonds. The molecule has 146 valence electrons. The first-order chi connectivity index (χ1) is 13.3. The van der Waals surface area contributed by atoms with E-state index < -0.39 is 15.9 Å². The SMILES string of the molecule is COc1cccc2cc(C=CC(=O)Nc3cccc(S(=O)(=O)N(C)C)c3)oc12. The average Bonchev–Trinajstić information content (AvgIpc) is 3.09. The predicted molar refractivity (Wildman–Crippen MR) is 108 cm³/mol. The number of benzene rings is 2. The average molecular weight is 400 g/mol. The maximum atomic E-state index is 12.2. The van der Waals surface area contributed by atoms with Gasteiger partial charge in [-0.2, -0.15) is 0 Å². The van der Waals surface area contributed by atoms with Crippen molar-refractivity contribution in [3.05, 3.63) is 60.4 Å². The number of nitrogens with one attached hydrogen (secondary N) is 1. The second kappa shape index (κ2) is 7.87. The number of carbonyl (C=O) groups excluding carboxylic acids is 1. The van der Waals surface area contributed by atoms with Gasteiger partial charge in [0, 0.05) is 31.2 Å². The molecule has 0 aliphatic carbocycles. The monoisotopic (exact) mass is 400 g/mol. The fourth-order valence-electron chi connectivity index (χ4n) is 2.59. The van der Waals surface area contributed by atoms with Crippen LogP contribution in [0.2, 0.25) is 0 Å². The van der Waals surface area contributed by atoms with E-state index in [1.807, 2.05) is 12.1 Å². The number of carbonyl (C=O) groups is 1. The standard InChI is InChI=1S/C20H20N2O5S/c1-22(2)28(24,25)17-8-5-7-15(13-17)21-19(23)11-10-16-12-14-6-4-9-18(26-3)20(14)27-16/h4-13H,1-3H3,(H,21,23). The van der Waals surface area contributed by atoms with E-state index in [0.29, 0.717) is 22.8 Å². The molecule has 0 aliphatic heterocycles. The minimum absolute atomic E-state index is 0.101. The van der Waals surface area contributed by atoms with E-state index in [9.17, 15) is 13.2 Å². The summed E-state index contributed by atoms with van der Waals surface area (Å²) in [5, 5.41) is 3.51. The topological polar surface area (TPSA) is 88.8 Å². The second-order valence-electron chi connectivity index (χ2n) is 6.17. The van der Waals surface area contributed by atoms with Crippen LogP contribution in [0.1, 0.15) is 5.76 Å². The number of ether oxygens (including phenoxy) is 1. The molecule has 28 heavy (non-hydrogen) atoms. The molecule has 1 heterocycles. The highest BCUT2D eigenvalue weighted by atomic mass is 32.2. The number of rotatable bonds is 6. The van der Waals surface area contributed by atoms with Crippen LogP contribution in [0.3, 0.4) is 0 Å². The lowest BCUT2D eigenvalue weighted by molar-refractivity contribution is -0.111. The van der Waals surface area contributed by atoms with Crippen molar-refractivity contribution < 1.29 is 22.4 Å². The van der Waals surface area contributed by atoms with Crippen molar-refractivity contribution in [2.24, 2.45) is 0 Å². The molecule has 0 radical (unpaired) electrons. The van der Waals surface area contributed by atoms with E-state index >= 15 is 0 Å². The summed E-state index contributed by atoms with van der Waals surface area (Å²) in [5.74, 6) is 0.700. The zero-order chi connectivity index (χ0) is 20.3. The van der Waals surface area contributed by atoms with Crippen LogP contribution < -0.4 is 10.1 Å². The van der Waals surface area contributed by atoms with Gasteiger partial charge in [-0.25, -0.2) is 12.7 Å². The molecule has 0 atom stereocenters.